The molecular formula is C17H17NO3. The molecule has 0 fully saturated rings. The largest absolute Gasteiger partial charge is 0.508 e. The Morgan fingerprint density at radius 1 is 1.19 bits per heavy atom. The van der Waals surface area contributed by atoms with Gasteiger partial charge in [-0.1, -0.05) is 30.3 Å². The number of hydrogen-bond acceptors (Lipinski definition) is 3. The predicted molar refractivity (Wildman–Crippen MR) is 82.0 cm³/mol. The topological polar surface area (TPSA) is 58.6 Å². The molecule has 0 aliphatic heterocycles. The van der Waals surface area contributed by atoms with Crippen molar-refractivity contribution in [2.24, 2.45) is 0 Å². The molecule has 108 valence electrons. The Bertz CT molecular complexity index is 633. The van der Waals surface area contributed by atoms with Gasteiger partial charge in [-0.15, -0.1) is 0 Å². The molecule has 0 radical (unpaired) electrons. The molecule has 0 heterocycles. The monoisotopic (exact) mass is 283 g/mol. The lowest BCUT2D eigenvalue weighted by molar-refractivity contribution is -0.116. The number of nitrogens with one attached hydrogen (secondary N) is 1. The standard InChI is InChI=1S/C17H17NO3/c1-21-16-5-3-2-4-14(16)12-18-17(20)11-8-13-6-9-15(19)10-7-13/h2-11,19H,12H2,1H3,(H,18,20)/b11-8+. The number of hydrogen-bond donors (Lipinski definition) is 2. The van der Waals surface area contributed by atoms with Gasteiger partial charge in [0.25, 0.3) is 0 Å². The maximum atomic E-state index is 11.8. The smallest absolute Gasteiger partial charge is 0.244 e. The maximum absolute atomic E-state index is 11.8. The maximum Gasteiger partial charge on any atom is 0.244 e. The van der Waals surface area contributed by atoms with E-state index in [9.17, 15) is 9.90 Å². The van der Waals surface area contributed by atoms with Crippen molar-refractivity contribution in [3.8, 4) is 11.5 Å². The summed E-state index contributed by atoms with van der Waals surface area (Å²) in [6.07, 6.45) is 3.15. The first-order valence-corrected chi connectivity index (χ1v) is 6.56. The van der Waals surface area contributed by atoms with Gasteiger partial charge in [-0.05, 0) is 29.8 Å². The molecule has 2 aromatic carbocycles. The second kappa shape index (κ2) is 7.14. The molecule has 0 atom stereocenters. The Morgan fingerprint density at radius 3 is 2.62 bits per heavy atom. The van der Waals surface area contributed by atoms with E-state index >= 15 is 0 Å². The summed E-state index contributed by atoms with van der Waals surface area (Å²) in [6.45, 7) is 0.406. The molecule has 0 aliphatic rings. The van der Waals surface area contributed by atoms with Crippen LogP contribution < -0.4 is 10.1 Å². The van der Waals surface area contributed by atoms with Crippen LogP contribution in [0.5, 0.6) is 11.5 Å². The van der Waals surface area contributed by atoms with Crippen LogP contribution in [0.3, 0.4) is 0 Å². The molecule has 0 saturated carbocycles. The second-order valence-corrected chi connectivity index (χ2v) is 4.45. The van der Waals surface area contributed by atoms with Gasteiger partial charge in [0.15, 0.2) is 0 Å². The molecule has 0 aromatic heterocycles. The second-order valence-electron chi connectivity index (χ2n) is 4.45. The number of phenolic OH excluding ortho intramolecular Hbond substituents is 1. The van der Waals surface area contributed by atoms with Crippen LogP contribution in [-0.2, 0) is 11.3 Å². The fourth-order valence-corrected chi connectivity index (χ4v) is 1.85. The number of carbonyl (C=O) groups excluding carboxylic acids is 1. The number of phenols is 1. The molecule has 0 saturated heterocycles. The van der Waals surface area contributed by atoms with Crippen molar-refractivity contribution in [1.82, 2.24) is 5.32 Å². The number of aromatic hydroxyl groups is 1. The zero-order valence-electron chi connectivity index (χ0n) is 11.7. The summed E-state index contributed by atoms with van der Waals surface area (Å²) >= 11 is 0. The Labute approximate surface area is 123 Å². The van der Waals surface area contributed by atoms with Crippen LogP contribution >= 0.6 is 0 Å². The fraction of sp³-hybridized carbons (Fsp3) is 0.118. The molecule has 2 aromatic rings. The number of methoxy groups -OCH3 is 1. The molecule has 1 amide bonds. The predicted octanol–water partition coefficient (Wildman–Crippen LogP) is 2.73. The number of rotatable bonds is 5. The van der Waals surface area contributed by atoms with Crippen LogP contribution in [0.1, 0.15) is 11.1 Å². The van der Waals surface area contributed by atoms with Gasteiger partial charge in [0.05, 0.1) is 7.11 Å². The summed E-state index contributed by atoms with van der Waals surface area (Å²) in [4.78, 5) is 11.8. The number of para-hydroxylation sites is 1. The molecule has 2 N–H and O–H groups in total. The summed E-state index contributed by atoms with van der Waals surface area (Å²) in [5.74, 6) is 0.766. The van der Waals surface area contributed by atoms with E-state index < -0.39 is 0 Å². The van der Waals surface area contributed by atoms with Gasteiger partial charge in [-0.2, -0.15) is 0 Å². The molecule has 0 bridgehead atoms. The van der Waals surface area contributed by atoms with Crippen LogP contribution in [0.25, 0.3) is 6.08 Å². The third kappa shape index (κ3) is 4.38. The van der Waals surface area contributed by atoms with E-state index in [2.05, 4.69) is 5.32 Å². The average molecular weight is 283 g/mol. The third-order valence-corrected chi connectivity index (χ3v) is 2.97. The van der Waals surface area contributed by atoms with Crippen molar-refractivity contribution in [2.45, 2.75) is 6.54 Å². The SMILES string of the molecule is COc1ccccc1CNC(=O)/C=C/c1ccc(O)cc1. The van der Waals surface area contributed by atoms with Crippen molar-refractivity contribution in [3.05, 3.63) is 65.7 Å². The first-order chi connectivity index (χ1) is 10.2. The number of benzene rings is 2. The summed E-state index contributed by atoms with van der Waals surface area (Å²) in [5.41, 5.74) is 1.77. The minimum Gasteiger partial charge on any atom is -0.508 e. The van der Waals surface area contributed by atoms with Crippen LogP contribution in [-0.4, -0.2) is 18.1 Å². The Kier molecular flexibility index (Phi) is 4.99. The van der Waals surface area contributed by atoms with Crippen molar-refractivity contribution in [1.29, 1.82) is 0 Å². The van der Waals surface area contributed by atoms with Crippen LogP contribution in [0, 0.1) is 0 Å². The van der Waals surface area contributed by atoms with Gasteiger partial charge in [-0.25, -0.2) is 0 Å². The minimum absolute atomic E-state index is 0.186. The summed E-state index contributed by atoms with van der Waals surface area (Å²) in [6, 6.07) is 14.2. The first kappa shape index (κ1) is 14.7. The number of ether oxygens (including phenoxy) is 1. The highest BCUT2D eigenvalue weighted by molar-refractivity contribution is 5.91. The van der Waals surface area contributed by atoms with E-state index in [1.54, 1.807) is 37.5 Å². The summed E-state index contributed by atoms with van der Waals surface area (Å²) in [5, 5.41) is 12.0. The summed E-state index contributed by atoms with van der Waals surface area (Å²) in [7, 11) is 1.60. The summed E-state index contributed by atoms with van der Waals surface area (Å²) < 4.78 is 5.23. The highest BCUT2D eigenvalue weighted by atomic mass is 16.5. The van der Waals surface area contributed by atoms with Crippen molar-refractivity contribution >= 4 is 12.0 Å². The molecule has 0 aliphatic carbocycles. The van der Waals surface area contributed by atoms with Crippen molar-refractivity contribution in [2.75, 3.05) is 7.11 Å². The van der Waals surface area contributed by atoms with Crippen LogP contribution in [0.2, 0.25) is 0 Å². The average Bonchev–Trinajstić information content (AvgIpc) is 2.52. The molecule has 0 unspecified atom stereocenters. The third-order valence-electron chi connectivity index (χ3n) is 2.97. The van der Waals surface area contributed by atoms with E-state index in [1.807, 2.05) is 24.3 Å². The zero-order valence-corrected chi connectivity index (χ0v) is 11.7. The van der Waals surface area contributed by atoms with Crippen LogP contribution in [0.4, 0.5) is 0 Å². The van der Waals surface area contributed by atoms with E-state index in [4.69, 9.17) is 4.74 Å². The lowest BCUT2D eigenvalue weighted by atomic mass is 10.2. The van der Waals surface area contributed by atoms with Gasteiger partial charge < -0.3 is 15.2 Å². The number of amides is 1. The molecule has 21 heavy (non-hydrogen) atoms. The zero-order chi connectivity index (χ0) is 15.1. The Hall–Kier alpha value is -2.75. The highest BCUT2D eigenvalue weighted by Gasteiger charge is 2.02. The Morgan fingerprint density at radius 2 is 1.90 bits per heavy atom. The van der Waals surface area contributed by atoms with Gasteiger partial charge in [0.2, 0.25) is 5.91 Å². The van der Waals surface area contributed by atoms with Gasteiger partial charge in [0, 0.05) is 18.2 Å². The van der Waals surface area contributed by atoms with Crippen LogP contribution in [0.15, 0.2) is 54.6 Å². The molecule has 4 heteroatoms. The van der Waals surface area contributed by atoms with Crippen molar-refractivity contribution in [3.63, 3.8) is 0 Å². The Balaban J connectivity index is 1.91. The molecule has 2 rings (SSSR count). The lowest BCUT2D eigenvalue weighted by Crippen LogP contribution is -2.20. The molecule has 4 nitrogen and oxygen atoms in total. The normalized spacial score (nSPS) is 10.5. The van der Waals surface area contributed by atoms with Gasteiger partial charge in [0.1, 0.15) is 11.5 Å². The minimum atomic E-state index is -0.186. The quantitative estimate of drug-likeness (QED) is 0.829. The van der Waals surface area contributed by atoms with E-state index in [0.29, 0.717) is 6.54 Å². The molecule has 0 spiro atoms. The number of carbonyl (C=O) groups is 1. The van der Waals surface area contributed by atoms with Crippen molar-refractivity contribution < 1.29 is 14.6 Å². The molecular weight excluding hydrogens is 266 g/mol. The van der Waals surface area contributed by atoms with E-state index in [0.717, 1.165) is 16.9 Å². The van der Waals surface area contributed by atoms with Gasteiger partial charge >= 0.3 is 0 Å². The lowest BCUT2D eigenvalue weighted by Gasteiger charge is -2.08. The first-order valence-electron chi connectivity index (χ1n) is 6.56. The fourth-order valence-electron chi connectivity index (χ4n) is 1.85. The highest BCUT2D eigenvalue weighted by Crippen LogP contribution is 2.16. The van der Waals surface area contributed by atoms with E-state index in [-0.39, 0.29) is 11.7 Å². The van der Waals surface area contributed by atoms with E-state index in [1.165, 1.54) is 6.08 Å². The van der Waals surface area contributed by atoms with Gasteiger partial charge in [-0.3, -0.25) is 4.79 Å².